The number of benzene rings is 1. The molecule has 178 valence electrons. The molecule has 1 N–H and O–H groups in total. The van der Waals surface area contributed by atoms with Crippen LogP contribution in [0.3, 0.4) is 0 Å². The summed E-state index contributed by atoms with van der Waals surface area (Å²) in [7, 11) is 0. The third-order valence-corrected chi connectivity index (χ3v) is 7.25. The predicted molar refractivity (Wildman–Crippen MR) is 127 cm³/mol. The standard InChI is InChI=1S/C27H37N3O3/c1-16(2)9-19-11-23(12-19)30-27(20-7-8-20)26(28-29-30)22(15-25(32)33)14-24(31)13-21-6-5-17(3)10-18(21)4/h5-6,10,16,19-20,22-23H,7-9,11-15H2,1-4H3,(H,32,33)/t19?,22-,23?/m1/s1. The van der Waals surface area contributed by atoms with E-state index in [1.54, 1.807) is 0 Å². The highest BCUT2D eigenvalue weighted by Crippen LogP contribution is 2.48. The van der Waals surface area contributed by atoms with Crippen LogP contribution < -0.4 is 0 Å². The van der Waals surface area contributed by atoms with Crippen LogP contribution in [0.5, 0.6) is 0 Å². The molecule has 0 aliphatic heterocycles. The van der Waals surface area contributed by atoms with Crippen LogP contribution in [0.15, 0.2) is 18.2 Å². The van der Waals surface area contributed by atoms with E-state index in [9.17, 15) is 14.7 Å². The molecule has 1 heterocycles. The Hall–Kier alpha value is -2.50. The fraction of sp³-hybridized carbons (Fsp3) is 0.630. The van der Waals surface area contributed by atoms with Crippen molar-refractivity contribution in [3.05, 3.63) is 46.3 Å². The van der Waals surface area contributed by atoms with Gasteiger partial charge in [0.1, 0.15) is 5.78 Å². The lowest BCUT2D eigenvalue weighted by molar-refractivity contribution is -0.137. The van der Waals surface area contributed by atoms with Gasteiger partial charge in [0.15, 0.2) is 0 Å². The van der Waals surface area contributed by atoms with Gasteiger partial charge in [-0.15, -0.1) is 5.10 Å². The summed E-state index contributed by atoms with van der Waals surface area (Å²) in [6.45, 7) is 8.59. The van der Waals surface area contributed by atoms with Crippen molar-refractivity contribution in [2.75, 3.05) is 0 Å². The van der Waals surface area contributed by atoms with Crippen molar-refractivity contribution >= 4 is 11.8 Å². The van der Waals surface area contributed by atoms with Gasteiger partial charge in [-0.05, 0) is 68.9 Å². The van der Waals surface area contributed by atoms with E-state index in [1.807, 2.05) is 26.0 Å². The number of aliphatic carboxylic acids is 1. The number of Topliss-reactive ketones (excluding diaryl/α,β-unsaturated/α-hetero) is 1. The average molecular weight is 452 g/mol. The summed E-state index contributed by atoms with van der Waals surface area (Å²) in [5.41, 5.74) is 5.14. The van der Waals surface area contributed by atoms with Crippen molar-refractivity contribution in [3.8, 4) is 0 Å². The summed E-state index contributed by atoms with van der Waals surface area (Å²) >= 11 is 0. The number of hydrogen-bond acceptors (Lipinski definition) is 4. The van der Waals surface area contributed by atoms with Gasteiger partial charge in [-0.3, -0.25) is 9.59 Å². The van der Waals surface area contributed by atoms with Crippen LogP contribution in [0.4, 0.5) is 0 Å². The second-order valence-corrected chi connectivity index (χ2v) is 10.8. The predicted octanol–water partition coefficient (Wildman–Crippen LogP) is 5.53. The highest BCUT2D eigenvalue weighted by molar-refractivity contribution is 5.83. The molecule has 6 nitrogen and oxygen atoms in total. The van der Waals surface area contributed by atoms with Gasteiger partial charge < -0.3 is 5.11 Å². The molecule has 33 heavy (non-hydrogen) atoms. The summed E-state index contributed by atoms with van der Waals surface area (Å²) in [6.07, 6.45) is 6.11. The van der Waals surface area contributed by atoms with Gasteiger partial charge in [-0.1, -0.05) is 42.8 Å². The van der Waals surface area contributed by atoms with E-state index in [2.05, 4.69) is 34.9 Å². The smallest absolute Gasteiger partial charge is 0.304 e. The first-order valence-corrected chi connectivity index (χ1v) is 12.5. The molecule has 0 bridgehead atoms. The molecule has 6 heteroatoms. The molecule has 2 aromatic rings. The van der Waals surface area contributed by atoms with Crippen LogP contribution in [0.25, 0.3) is 0 Å². The number of hydrogen-bond donors (Lipinski definition) is 1. The van der Waals surface area contributed by atoms with Crippen molar-refractivity contribution in [2.24, 2.45) is 11.8 Å². The number of carbonyl (C=O) groups excluding carboxylic acids is 1. The fourth-order valence-corrected chi connectivity index (χ4v) is 5.47. The SMILES string of the molecule is Cc1ccc(CC(=O)C[C@H](CC(=O)O)c2nnn(C3CC(CC(C)C)C3)c2C2CC2)c(C)c1. The lowest BCUT2D eigenvalue weighted by Crippen LogP contribution is -2.29. The normalized spacial score (nSPS) is 21.1. The van der Waals surface area contributed by atoms with Gasteiger partial charge in [0.25, 0.3) is 0 Å². The van der Waals surface area contributed by atoms with Gasteiger partial charge >= 0.3 is 5.97 Å². The Labute approximate surface area is 196 Å². The summed E-state index contributed by atoms with van der Waals surface area (Å²) < 4.78 is 2.09. The zero-order valence-corrected chi connectivity index (χ0v) is 20.4. The zero-order valence-electron chi connectivity index (χ0n) is 20.4. The highest BCUT2D eigenvalue weighted by atomic mass is 16.4. The summed E-state index contributed by atoms with van der Waals surface area (Å²) in [5, 5.41) is 18.6. The van der Waals surface area contributed by atoms with E-state index < -0.39 is 11.9 Å². The van der Waals surface area contributed by atoms with E-state index in [-0.39, 0.29) is 18.6 Å². The lowest BCUT2D eigenvalue weighted by atomic mass is 9.75. The maximum Gasteiger partial charge on any atom is 0.304 e. The second kappa shape index (κ2) is 9.78. The molecule has 2 aliphatic carbocycles. The number of carbonyl (C=O) groups is 2. The van der Waals surface area contributed by atoms with Gasteiger partial charge in [0, 0.05) is 24.7 Å². The highest BCUT2D eigenvalue weighted by Gasteiger charge is 2.40. The minimum absolute atomic E-state index is 0.0603. The van der Waals surface area contributed by atoms with Gasteiger partial charge in [0.2, 0.25) is 0 Å². The molecule has 4 rings (SSSR count). The number of nitrogens with zero attached hydrogens (tertiary/aromatic N) is 3. The largest absolute Gasteiger partial charge is 0.481 e. The van der Waals surface area contributed by atoms with E-state index in [1.165, 1.54) is 12.0 Å². The number of carboxylic acids is 1. The molecule has 2 aliphatic rings. The Morgan fingerprint density at radius 3 is 2.48 bits per heavy atom. The van der Waals surface area contributed by atoms with Crippen LogP contribution in [-0.2, 0) is 16.0 Å². The average Bonchev–Trinajstić information content (AvgIpc) is 3.44. The number of aromatic nitrogens is 3. The molecule has 0 spiro atoms. The van der Waals surface area contributed by atoms with Crippen LogP contribution in [0.1, 0.15) is 105 Å². The minimum Gasteiger partial charge on any atom is -0.481 e. The topological polar surface area (TPSA) is 85.1 Å². The van der Waals surface area contributed by atoms with Crippen LogP contribution in [0.2, 0.25) is 0 Å². The number of aryl methyl sites for hydroxylation is 2. The first-order chi connectivity index (χ1) is 15.7. The molecule has 1 aromatic carbocycles. The van der Waals surface area contributed by atoms with E-state index >= 15 is 0 Å². The Kier molecular flexibility index (Phi) is 7.01. The molecular weight excluding hydrogens is 414 g/mol. The lowest BCUT2D eigenvalue weighted by Gasteiger charge is -2.37. The van der Waals surface area contributed by atoms with E-state index in [4.69, 9.17) is 0 Å². The maximum absolute atomic E-state index is 13.0. The van der Waals surface area contributed by atoms with Crippen molar-refractivity contribution in [1.82, 2.24) is 15.0 Å². The van der Waals surface area contributed by atoms with Gasteiger partial charge in [-0.25, -0.2) is 4.68 Å². The third kappa shape index (κ3) is 5.71. The van der Waals surface area contributed by atoms with E-state index in [0.717, 1.165) is 54.1 Å². The van der Waals surface area contributed by atoms with Crippen LogP contribution >= 0.6 is 0 Å². The summed E-state index contributed by atoms with van der Waals surface area (Å²) in [6, 6.07) is 6.47. The Bertz CT molecular complexity index is 1020. The van der Waals surface area contributed by atoms with Crippen molar-refractivity contribution < 1.29 is 14.7 Å². The molecular formula is C27H37N3O3. The van der Waals surface area contributed by atoms with Crippen molar-refractivity contribution in [3.63, 3.8) is 0 Å². The molecule has 2 saturated carbocycles. The summed E-state index contributed by atoms with van der Waals surface area (Å²) in [5.74, 6) is 0.597. The fourth-order valence-electron chi connectivity index (χ4n) is 5.47. The van der Waals surface area contributed by atoms with E-state index in [0.29, 0.717) is 24.3 Å². The zero-order chi connectivity index (χ0) is 23.7. The second-order valence-electron chi connectivity index (χ2n) is 10.8. The number of ketones is 1. The van der Waals surface area contributed by atoms with Gasteiger partial charge in [-0.2, -0.15) is 0 Å². The summed E-state index contributed by atoms with van der Waals surface area (Å²) in [4.78, 5) is 24.7. The molecule has 0 radical (unpaired) electrons. The van der Waals surface area contributed by atoms with Crippen molar-refractivity contribution in [1.29, 1.82) is 0 Å². The third-order valence-electron chi connectivity index (χ3n) is 7.25. The number of carboxylic acid groups (broad SMARTS) is 1. The molecule has 1 atom stereocenters. The monoisotopic (exact) mass is 451 g/mol. The first kappa shape index (κ1) is 23.7. The number of rotatable bonds is 11. The molecule has 0 saturated heterocycles. The Morgan fingerprint density at radius 1 is 1.15 bits per heavy atom. The van der Waals surface area contributed by atoms with Crippen molar-refractivity contribution in [2.45, 2.75) is 96.9 Å². The molecule has 1 aromatic heterocycles. The van der Waals surface area contributed by atoms with Crippen LogP contribution in [0, 0.1) is 25.7 Å². The Balaban J connectivity index is 1.52. The van der Waals surface area contributed by atoms with Gasteiger partial charge in [0.05, 0.1) is 23.9 Å². The molecule has 0 amide bonds. The molecule has 0 unspecified atom stereocenters. The maximum atomic E-state index is 13.0. The minimum atomic E-state index is -0.892. The molecule has 2 fully saturated rings. The van der Waals surface area contributed by atoms with Crippen LogP contribution in [-0.4, -0.2) is 31.9 Å². The Morgan fingerprint density at radius 2 is 1.88 bits per heavy atom. The first-order valence-electron chi connectivity index (χ1n) is 12.5. The quantitative estimate of drug-likeness (QED) is 0.485.